The first-order chi connectivity index (χ1) is 10.2. The van der Waals surface area contributed by atoms with Gasteiger partial charge < -0.3 is 10.9 Å². The zero-order valence-electron chi connectivity index (χ0n) is 12.0. The molecule has 2 aromatic rings. The highest BCUT2D eigenvalue weighted by atomic mass is 16.4. The van der Waals surface area contributed by atoms with Crippen LogP contribution in [0.25, 0.3) is 0 Å². The third-order valence-electron chi connectivity index (χ3n) is 3.97. The van der Waals surface area contributed by atoms with Crippen LogP contribution in [0.4, 0.5) is 5.95 Å². The van der Waals surface area contributed by atoms with E-state index < -0.39 is 0 Å². The number of nitrogens with two attached hydrogens (primary N) is 1. The molecule has 1 aliphatic carbocycles. The van der Waals surface area contributed by atoms with Gasteiger partial charge in [0, 0.05) is 12.0 Å². The Morgan fingerprint density at radius 2 is 2.00 bits per heavy atom. The zero-order valence-corrected chi connectivity index (χ0v) is 12.0. The summed E-state index contributed by atoms with van der Waals surface area (Å²) in [5.74, 6) is 0.542. The fourth-order valence-corrected chi connectivity index (χ4v) is 3.01. The number of hydrogen-bond acceptors (Lipinski definition) is 5. The van der Waals surface area contributed by atoms with Crippen molar-refractivity contribution in [2.45, 2.75) is 32.1 Å². The maximum atomic E-state index is 9.39. The predicted molar refractivity (Wildman–Crippen MR) is 81.6 cm³/mol. The number of aromatic nitrogens is 2. The molecule has 1 aliphatic rings. The Hall–Kier alpha value is -2.43. The van der Waals surface area contributed by atoms with Crippen molar-refractivity contribution in [1.29, 1.82) is 0 Å². The third-order valence-corrected chi connectivity index (χ3v) is 3.97. The van der Waals surface area contributed by atoms with Crippen molar-refractivity contribution in [1.82, 2.24) is 9.97 Å². The lowest BCUT2D eigenvalue weighted by Gasteiger charge is -2.26. The van der Waals surface area contributed by atoms with E-state index in [2.05, 4.69) is 27.3 Å². The maximum absolute atomic E-state index is 9.39. The Balaban J connectivity index is 2.08. The first-order valence-corrected chi connectivity index (χ1v) is 7.14. The lowest BCUT2D eigenvalue weighted by atomic mass is 9.80. The van der Waals surface area contributed by atoms with E-state index in [0.29, 0.717) is 12.1 Å². The van der Waals surface area contributed by atoms with Crippen LogP contribution in [0.5, 0.6) is 0 Å². The molecule has 0 aliphatic heterocycles. The SMILES string of the molecule is CCc1nc(N)nc2c1/C(=N/O)CC(c1ccccc1)C2. The van der Waals surface area contributed by atoms with Crippen LogP contribution in [0.15, 0.2) is 35.5 Å². The van der Waals surface area contributed by atoms with E-state index in [-0.39, 0.29) is 11.9 Å². The van der Waals surface area contributed by atoms with Crippen molar-refractivity contribution in [3.05, 3.63) is 52.8 Å². The second-order valence-electron chi connectivity index (χ2n) is 5.27. The molecule has 0 amide bonds. The molecule has 0 fully saturated rings. The summed E-state index contributed by atoms with van der Waals surface area (Å²) in [5.41, 5.74) is 10.3. The van der Waals surface area contributed by atoms with Gasteiger partial charge in [0.2, 0.25) is 5.95 Å². The second kappa shape index (κ2) is 5.52. The predicted octanol–water partition coefficient (Wildman–Crippen LogP) is 2.53. The van der Waals surface area contributed by atoms with Gasteiger partial charge in [-0.2, -0.15) is 0 Å². The first kappa shape index (κ1) is 13.5. The van der Waals surface area contributed by atoms with Crippen molar-refractivity contribution < 1.29 is 5.21 Å². The van der Waals surface area contributed by atoms with Gasteiger partial charge >= 0.3 is 0 Å². The summed E-state index contributed by atoms with van der Waals surface area (Å²) in [6.45, 7) is 2.01. The maximum Gasteiger partial charge on any atom is 0.220 e. The highest BCUT2D eigenvalue weighted by Crippen LogP contribution is 2.33. The molecule has 3 rings (SSSR count). The molecule has 1 aromatic carbocycles. The van der Waals surface area contributed by atoms with Crippen LogP contribution < -0.4 is 5.73 Å². The standard InChI is InChI=1S/C16H18N4O/c1-2-12-15-13(19-16(17)18-12)8-11(9-14(15)20-21)10-6-4-3-5-7-10/h3-7,11,21H,2,8-9H2,1H3,(H2,17,18,19)/b20-14+. The van der Waals surface area contributed by atoms with E-state index in [9.17, 15) is 5.21 Å². The molecule has 108 valence electrons. The minimum atomic E-state index is 0.253. The molecular formula is C16H18N4O. The number of rotatable bonds is 2. The second-order valence-corrected chi connectivity index (χ2v) is 5.27. The molecule has 3 N–H and O–H groups in total. The average Bonchev–Trinajstić information content (AvgIpc) is 2.53. The smallest absolute Gasteiger partial charge is 0.220 e. The van der Waals surface area contributed by atoms with Crippen molar-refractivity contribution in [3.8, 4) is 0 Å². The quantitative estimate of drug-likeness (QED) is 0.655. The number of anilines is 1. The highest BCUT2D eigenvalue weighted by molar-refractivity contribution is 6.03. The van der Waals surface area contributed by atoms with E-state index in [4.69, 9.17) is 5.73 Å². The van der Waals surface area contributed by atoms with Gasteiger partial charge in [0.05, 0.1) is 17.1 Å². The number of fused-ring (bicyclic) bond motifs is 1. The zero-order chi connectivity index (χ0) is 14.8. The molecule has 21 heavy (non-hydrogen) atoms. The first-order valence-electron chi connectivity index (χ1n) is 7.14. The lowest BCUT2D eigenvalue weighted by molar-refractivity contribution is 0.316. The molecule has 5 nitrogen and oxygen atoms in total. The topological polar surface area (TPSA) is 84.4 Å². The molecule has 1 unspecified atom stereocenters. The summed E-state index contributed by atoms with van der Waals surface area (Å²) in [5, 5.41) is 12.9. The van der Waals surface area contributed by atoms with Gasteiger partial charge in [-0.05, 0) is 24.3 Å². The number of oxime groups is 1. The van der Waals surface area contributed by atoms with E-state index in [0.717, 1.165) is 29.8 Å². The highest BCUT2D eigenvalue weighted by Gasteiger charge is 2.29. The number of aryl methyl sites for hydroxylation is 1. The van der Waals surface area contributed by atoms with Gasteiger partial charge in [-0.1, -0.05) is 42.4 Å². The van der Waals surface area contributed by atoms with Crippen LogP contribution in [-0.4, -0.2) is 20.9 Å². The summed E-state index contributed by atoms with van der Waals surface area (Å²) in [6, 6.07) is 10.2. The molecule has 1 heterocycles. The normalized spacial score (nSPS) is 19.5. The Morgan fingerprint density at radius 3 is 2.67 bits per heavy atom. The van der Waals surface area contributed by atoms with E-state index in [1.807, 2.05) is 25.1 Å². The fraction of sp³-hybridized carbons (Fsp3) is 0.312. The van der Waals surface area contributed by atoms with Crippen molar-refractivity contribution in [3.63, 3.8) is 0 Å². The van der Waals surface area contributed by atoms with E-state index in [1.54, 1.807) is 0 Å². The Morgan fingerprint density at radius 1 is 1.24 bits per heavy atom. The third kappa shape index (κ3) is 2.46. The van der Waals surface area contributed by atoms with E-state index in [1.165, 1.54) is 5.56 Å². The van der Waals surface area contributed by atoms with Gasteiger partial charge in [0.25, 0.3) is 0 Å². The van der Waals surface area contributed by atoms with Crippen LogP contribution in [-0.2, 0) is 12.8 Å². The van der Waals surface area contributed by atoms with Crippen LogP contribution in [0.1, 0.15) is 41.8 Å². The van der Waals surface area contributed by atoms with Crippen LogP contribution in [0.3, 0.4) is 0 Å². The Bertz CT molecular complexity index is 682. The number of hydrogen-bond donors (Lipinski definition) is 2. The molecule has 0 radical (unpaired) electrons. The minimum Gasteiger partial charge on any atom is -0.411 e. The molecule has 0 spiro atoms. The molecule has 1 aromatic heterocycles. The monoisotopic (exact) mass is 282 g/mol. The van der Waals surface area contributed by atoms with Gasteiger partial charge in [-0.15, -0.1) is 0 Å². The summed E-state index contributed by atoms with van der Waals surface area (Å²) in [4.78, 5) is 8.65. The van der Waals surface area contributed by atoms with Crippen LogP contribution in [0.2, 0.25) is 0 Å². The van der Waals surface area contributed by atoms with Gasteiger partial charge in [-0.25, -0.2) is 9.97 Å². The van der Waals surface area contributed by atoms with Crippen molar-refractivity contribution in [2.24, 2.45) is 5.16 Å². The Labute approximate surface area is 123 Å². The van der Waals surface area contributed by atoms with Gasteiger partial charge in [0.15, 0.2) is 0 Å². The van der Waals surface area contributed by atoms with Crippen LogP contribution in [0, 0.1) is 0 Å². The van der Waals surface area contributed by atoms with Gasteiger partial charge in [0.1, 0.15) is 0 Å². The largest absolute Gasteiger partial charge is 0.411 e. The molecule has 5 heteroatoms. The molecule has 0 saturated heterocycles. The minimum absolute atomic E-state index is 0.253. The van der Waals surface area contributed by atoms with E-state index >= 15 is 0 Å². The lowest BCUT2D eigenvalue weighted by Crippen LogP contribution is -2.24. The molecular weight excluding hydrogens is 264 g/mol. The molecule has 1 atom stereocenters. The summed E-state index contributed by atoms with van der Waals surface area (Å²) in [6.07, 6.45) is 2.22. The Kier molecular flexibility index (Phi) is 3.56. The average molecular weight is 282 g/mol. The number of benzene rings is 1. The van der Waals surface area contributed by atoms with Crippen molar-refractivity contribution >= 4 is 11.7 Å². The molecule has 0 saturated carbocycles. The molecule has 0 bridgehead atoms. The fourth-order valence-electron chi connectivity index (χ4n) is 3.01. The summed E-state index contributed by atoms with van der Waals surface area (Å²) < 4.78 is 0. The number of nitrogen functional groups attached to an aromatic ring is 1. The van der Waals surface area contributed by atoms with Crippen LogP contribution >= 0.6 is 0 Å². The van der Waals surface area contributed by atoms with Crippen molar-refractivity contribution in [2.75, 3.05) is 5.73 Å². The summed E-state index contributed by atoms with van der Waals surface area (Å²) >= 11 is 0. The number of nitrogens with zero attached hydrogens (tertiary/aromatic N) is 3. The van der Waals surface area contributed by atoms with Gasteiger partial charge in [-0.3, -0.25) is 0 Å². The summed E-state index contributed by atoms with van der Waals surface area (Å²) in [7, 11) is 0.